The van der Waals surface area contributed by atoms with Crippen molar-refractivity contribution in [1.29, 1.82) is 0 Å². The van der Waals surface area contributed by atoms with E-state index in [1.165, 1.54) is 0 Å². The Bertz CT molecular complexity index is 800. The van der Waals surface area contributed by atoms with Crippen molar-refractivity contribution >= 4 is 68.1 Å². The third kappa shape index (κ3) is 7.71. The smallest absolute Gasteiger partial charge is 0.223 e. The van der Waals surface area contributed by atoms with Gasteiger partial charge in [0.1, 0.15) is 10.3 Å². The maximum absolute atomic E-state index is 12.0. The summed E-state index contributed by atoms with van der Waals surface area (Å²) in [5, 5.41) is 7.66. The fraction of sp³-hybridized carbons (Fsp3) is 0.389. The van der Waals surface area contributed by atoms with Crippen LogP contribution in [0.25, 0.3) is 0 Å². The molecule has 2 aromatic rings. The maximum Gasteiger partial charge on any atom is 0.223 e. The van der Waals surface area contributed by atoms with Gasteiger partial charge in [-0.3, -0.25) is 9.59 Å². The van der Waals surface area contributed by atoms with Crippen LogP contribution < -0.4 is 5.32 Å². The second-order valence-electron chi connectivity index (χ2n) is 6.43. The normalized spacial score (nSPS) is 15.3. The average molecular weight is 600 g/mol. The molecular formula is C18H22BrClIN4O2P. The third-order valence-corrected chi connectivity index (χ3v) is 7.33. The van der Waals surface area contributed by atoms with Gasteiger partial charge in [0.05, 0.1) is 6.37 Å². The van der Waals surface area contributed by atoms with Crippen LogP contribution in [0, 0.1) is 5.92 Å². The molecule has 1 aromatic heterocycles. The van der Waals surface area contributed by atoms with Gasteiger partial charge in [0, 0.05) is 23.6 Å². The fourth-order valence-corrected chi connectivity index (χ4v) is 5.93. The Labute approximate surface area is 193 Å². The lowest BCUT2D eigenvalue weighted by molar-refractivity contribution is -0.126. The predicted molar refractivity (Wildman–Crippen MR) is 127 cm³/mol. The molecule has 3 rings (SSSR count). The van der Waals surface area contributed by atoms with E-state index in [-0.39, 0.29) is 11.8 Å². The minimum Gasteiger partial charge on any atom is -0.352 e. The van der Waals surface area contributed by atoms with Crippen molar-refractivity contribution in [2.45, 2.75) is 19.4 Å². The lowest BCUT2D eigenvalue weighted by Gasteiger charge is -2.28. The Morgan fingerprint density at radius 1 is 1.43 bits per heavy atom. The van der Waals surface area contributed by atoms with E-state index in [0.717, 1.165) is 42.4 Å². The summed E-state index contributed by atoms with van der Waals surface area (Å²) in [5.74, 6) is 0.337. The molecule has 0 saturated carbocycles. The van der Waals surface area contributed by atoms with Gasteiger partial charge in [-0.2, -0.15) is 5.10 Å². The van der Waals surface area contributed by atoms with Crippen LogP contribution in [-0.2, 0) is 11.3 Å². The van der Waals surface area contributed by atoms with E-state index in [9.17, 15) is 9.59 Å². The summed E-state index contributed by atoms with van der Waals surface area (Å²) in [6.45, 7) is 2.58. The van der Waals surface area contributed by atoms with Crippen LogP contribution in [0.1, 0.15) is 28.9 Å². The quantitative estimate of drug-likeness (QED) is 0.311. The number of hydrogen-bond donors (Lipinski definition) is 1. The summed E-state index contributed by atoms with van der Waals surface area (Å²) in [6.07, 6.45) is 3.17. The molecule has 0 radical (unpaired) electrons. The maximum atomic E-state index is 12.0. The highest BCUT2D eigenvalue weighted by molar-refractivity contribution is 14.2. The van der Waals surface area contributed by atoms with Crippen molar-refractivity contribution in [2.24, 2.45) is 5.92 Å². The number of rotatable bonds is 5. The van der Waals surface area contributed by atoms with E-state index in [1.54, 1.807) is 10.5 Å². The van der Waals surface area contributed by atoms with Crippen LogP contribution in [-0.4, -0.2) is 46.8 Å². The zero-order chi connectivity index (χ0) is 20.5. The van der Waals surface area contributed by atoms with Crippen molar-refractivity contribution in [3.05, 3.63) is 51.2 Å². The molecular weight excluding hydrogens is 577 g/mol. The van der Waals surface area contributed by atoms with Crippen molar-refractivity contribution in [2.75, 3.05) is 20.1 Å². The molecule has 0 spiro atoms. The first-order valence-electron chi connectivity index (χ1n) is 8.71. The number of carbonyl (C=O) groups excluding carboxylic acids is 2. The van der Waals surface area contributed by atoms with Crippen LogP contribution in [0.5, 0.6) is 0 Å². The lowest BCUT2D eigenvalue weighted by Crippen LogP contribution is -2.38. The van der Waals surface area contributed by atoms with Gasteiger partial charge < -0.3 is 10.2 Å². The summed E-state index contributed by atoms with van der Waals surface area (Å²) in [4.78, 5) is 24.5. The molecule has 6 nitrogen and oxygen atoms in total. The number of benzene rings is 1. The number of piperidine rings is 1. The summed E-state index contributed by atoms with van der Waals surface area (Å²) in [7, 11) is 2.10. The SMILES string of the molecule is CN1CCC(C(=O)NCc2cccc(Cl)c2)CC1.O=Cc1cc(Br)n(PI)n1. The van der Waals surface area contributed by atoms with Gasteiger partial charge in [0.25, 0.3) is 0 Å². The average Bonchev–Trinajstić information content (AvgIpc) is 3.07. The highest BCUT2D eigenvalue weighted by Crippen LogP contribution is 2.27. The van der Waals surface area contributed by atoms with Crippen LogP contribution in [0.2, 0.25) is 5.02 Å². The summed E-state index contributed by atoms with van der Waals surface area (Å²) in [5.41, 5.74) is 1.51. The van der Waals surface area contributed by atoms with E-state index in [4.69, 9.17) is 11.6 Å². The number of nitrogens with zero attached hydrogens (tertiary/aromatic N) is 3. The van der Waals surface area contributed by atoms with E-state index in [0.29, 0.717) is 23.6 Å². The molecule has 2 heterocycles. The predicted octanol–water partition coefficient (Wildman–Crippen LogP) is 4.55. The number of carbonyl (C=O) groups is 2. The summed E-state index contributed by atoms with van der Waals surface area (Å²) >= 11 is 11.4. The zero-order valence-corrected chi connectivity index (χ0v) is 20.9. The number of amides is 1. The van der Waals surface area contributed by atoms with Crippen LogP contribution in [0.15, 0.2) is 34.9 Å². The van der Waals surface area contributed by atoms with Gasteiger partial charge in [-0.25, -0.2) is 4.45 Å². The molecule has 0 aliphatic carbocycles. The number of aldehydes is 1. The number of aromatic nitrogens is 2. The van der Waals surface area contributed by atoms with Gasteiger partial charge in [-0.05, 0) is 88.6 Å². The molecule has 1 unspecified atom stereocenters. The minimum atomic E-state index is 0.167. The Hall–Kier alpha value is -0.540. The van der Waals surface area contributed by atoms with Gasteiger partial charge in [0.2, 0.25) is 5.91 Å². The van der Waals surface area contributed by atoms with Crippen LogP contribution >= 0.6 is 55.9 Å². The molecule has 1 atom stereocenters. The van der Waals surface area contributed by atoms with Crippen molar-refractivity contribution in [1.82, 2.24) is 19.8 Å². The van der Waals surface area contributed by atoms with E-state index in [1.807, 2.05) is 24.3 Å². The Morgan fingerprint density at radius 2 is 2.14 bits per heavy atom. The van der Waals surface area contributed by atoms with Crippen LogP contribution in [0.3, 0.4) is 0 Å². The van der Waals surface area contributed by atoms with Gasteiger partial charge >= 0.3 is 0 Å². The Kier molecular flexibility index (Phi) is 10.4. The van der Waals surface area contributed by atoms with E-state index >= 15 is 0 Å². The highest BCUT2D eigenvalue weighted by Gasteiger charge is 2.22. The number of nitrogens with one attached hydrogen (secondary N) is 1. The van der Waals surface area contributed by atoms with E-state index < -0.39 is 0 Å². The molecule has 28 heavy (non-hydrogen) atoms. The van der Waals surface area contributed by atoms with Crippen molar-refractivity contribution in [3.63, 3.8) is 0 Å². The standard InChI is InChI=1S/C14H19ClN2O.C4H3BrIN2OP/c1-17-7-5-12(6-8-17)14(18)16-10-11-3-2-4-13(15)9-11;5-4-1-3(2-9)7-8(4)10-6/h2-4,9,12H,5-8,10H2,1H3,(H,16,18);1-2,10H. The third-order valence-electron chi connectivity index (χ3n) is 4.33. The molecule has 1 amide bonds. The number of hydrogen-bond acceptors (Lipinski definition) is 4. The van der Waals surface area contributed by atoms with Crippen LogP contribution in [0.4, 0.5) is 0 Å². The molecule has 1 aliphatic rings. The molecule has 0 bridgehead atoms. The first-order valence-corrected chi connectivity index (χ1v) is 13.9. The zero-order valence-electron chi connectivity index (χ0n) is 15.4. The molecule has 152 valence electrons. The summed E-state index contributed by atoms with van der Waals surface area (Å²) < 4.78 is 2.58. The molecule has 1 aromatic carbocycles. The molecule has 1 fully saturated rings. The van der Waals surface area contributed by atoms with Crippen molar-refractivity contribution < 1.29 is 9.59 Å². The molecule has 1 aliphatic heterocycles. The first-order chi connectivity index (χ1) is 13.4. The lowest BCUT2D eigenvalue weighted by atomic mass is 9.96. The number of halogens is 3. The Balaban J connectivity index is 0.000000237. The molecule has 1 N–H and O–H groups in total. The fourth-order valence-electron chi connectivity index (χ4n) is 2.74. The summed E-state index contributed by atoms with van der Waals surface area (Å²) in [6, 6.07) is 9.29. The van der Waals surface area contributed by atoms with E-state index in [2.05, 4.69) is 60.3 Å². The largest absolute Gasteiger partial charge is 0.352 e. The molecule has 10 heteroatoms. The van der Waals surface area contributed by atoms with Gasteiger partial charge in [-0.15, -0.1) is 0 Å². The minimum absolute atomic E-state index is 0.167. The number of likely N-dealkylation sites (tertiary alicyclic amines) is 1. The molecule has 1 saturated heterocycles. The highest BCUT2D eigenvalue weighted by atomic mass is 127. The topological polar surface area (TPSA) is 67.2 Å². The van der Waals surface area contributed by atoms with Crippen molar-refractivity contribution in [3.8, 4) is 0 Å². The monoisotopic (exact) mass is 598 g/mol. The second kappa shape index (κ2) is 12.2. The Morgan fingerprint density at radius 3 is 2.68 bits per heavy atom. The van der Waals surface area contributed by atoms with Gasteiger partial charge in [0.15, 0.2) is 6.29 Å². The van der Waals surface area contributed by atoms with Gasteiger partial charge in [-0.1, -0.05) is 23.7 Å². The first kappa shape index (κ1) is 23.7. The second-order valence-corrected chi connectivity index (χ2v) is 9.72.